The molecule has 1 aliphatic heterocycles. The van der Waals surface area contributed by atoms with Gasteiger partial charge in [0.15, 0.2) is 0 Å². The average molecular weight is 307 g/mol. The van der Waals surface area contributed by atoms with Crippen molar-refractivity contribution in [3.05, 3.63) is 34.9 Å². The zero-order valence-electron chi connectivity index (χ0n) is 11.8. The molecule has 3 rings (SSSR count). The van der Waals surface area contributed by atoms with Gasteiger partial charge in [-0.25, -0.2) is 0 Å². The van der Waals surface area contributed by atoms with Crippen molar-refractivity contribution in [1.29, 1.82) is 0 Å². The largest absolute Gasteiger partial charge is 0.353 e. The minimum Gasteiger partial charge on any atom is -0.353 e. The molecule has 4 nitrogen and oxygen atoms in total. The van der Waals surface area contributed by atoms with Gasteiger partial charge in [-0.05, 0) is 37.8 Å². The first-order valence-electron chi connectivity index (χ1n) is 7.49. The number of nitrogens with zero attached hydrogens (tertiary/aromatic N) is 1. The minimum atomic E-state index is -0.0208. The number of hydrogen-bond donors (Lipinski definition) is 1. The van der Waals surface area contributed by atoms with Crippen LogP contribution in [0.25, 0.3) is 0 Å². The molecule has 5 heteroatoms. The Balaban J connectivity index is 1.54. The normalized spacial score (nSPS) is 19.4. The monoisotopic (exact) mass is 306 g/mol. The molecule has 1 aromatic rings. The van der Waals surface area contributed by atoms with Crippen LogP contribution in [-0.4, -0.2) is 35.8 Å². The molecule has 0 spiro atoms. The van der Waals surface area contributed by atoms with E-state index in [0.717, 1.165) is 25.7 Å². The SMILES string of the molecule is O=C(NC1CCN(C(=O)c2ccccc2Cl)CC1)C1CC1. The van der Waals surface area contributed by atoms with Crippen LogP contribution in [0.15, 0.2) is 24.3 Å². The third kappa shape index (κ3) is 3.38. The molecule has 1 aliphatic carbocycles. The summed E-state index contributed by atoms with van der Waals surface area (Å²) in [5.74, 6) is 0.409. The fourth-order valence-corrected chi connectivity index (χ4v) is 2.91. The van der Waals surface area contributed by atoms with Crippen molar-refractivity contribution < 1.29 is 9.59 Å². The number of hydrogen-bond acceptors (Lipinski definition) is 2. The van der Waals surface area contributed by atoms with Crippen LogP contribution in [0.1, 0.15) is 36.0 Å². The molecular weight excluding hydrogens is 288 g/mol. The second-order valence-corrected chi connectivity index (χ2v) is 6.24. The van der Waals surface area contributed by atoms with Gasteiger partial charge in [0.25, 0.3) is 5.91 Å². The number of halogens is 1. The van der Waals surface area contributed by atoms with E-state index in [-0.39, 0.29) is 23.8 Å². The smallest absolute Gasteiger partial charge is 0.255 e. The molecule has 0 radical (unpaired) electrons. The number of nitrogens with one attached hydrogen (secondary N) is 1. The molecule has 1 saturated carbocycles. The minimum absolute atomic E-state index is 0.0208. The molecule has 0 bridgehead atoms. The highest BCUT2D eigenvalue weighted by atomic mass is 35.5. The van der Waals surface area contributed by atoms with E-state index >= 15 is 0 Å². The summed E-state index contributed by atoms with van der Waals surface area (Å²) in [6.07, 6.45) is 3.68. The van der Waals surface area contributed by atoms with Crippen molar-refractivity contribution in [1.82, 2.24) is 10.2 Å². The van der Waals surface area contributed by atoms with Crippen LogP contribution in [0.4, 0.5) is 0 Å². The van der Waals surface area contributed by atoms with Gasteiger partial charge in [0, 0.05) is 25.0 Å². The molecule has 2 fully saturated rings. The maximum atomic E-state index is 12.4. The standard InChI is InChI=1S/C16H19ClN2O2/c17-14-4-2-1-3-13(14)16(21)19-9-7-12(8-10-19)18-15(20)11-5-6-11/h1-4,11-12H,5-10H2,(H,18,20). The number of carbonyl (C=O) groups excluding carboxylic acids is 2. The van der Waals surface area contributed by atoms with Crippen LogP contribution in [0.2, 0.25) is 5.02 Å². The Labute approximate surface area is 129 Å². The molecule has 1 aromatic carbocycles. The van der Waals surface area contributed by atoms with E-state index in [1.54, 1.807) is 12.1 Å². The Bertz CT molecular complexity index is 549. The van der Waals surface area contributed by atoms with E-state index in [1.165, 1.54) is 0 Å². The molecule has 2 amide bonds. The number of rotatable bonds is 3. The molecule has 1 saturated heterocycles. The predicted octanol–water partition coefficient (Wildman–Crippen LogP) is 2.47. The summed E-state index contributed by atoms with van der Waals surface area (Å²) in [5.41, 5.74) is 0.555. The van der Waals surface area contributed by atoms with Gasteiger partial charge in [-0.1, -0.05) is 23.7 Å². The third-order valence-corrected chi connectivity index (χ3v) is 4.51. The van der Waals surface area contributed by atoms with Crippen molar-refractivity contribution in [3.8, 4) is 0 Å². The van der Waals surface area contributed by atoms with Crippen LogP contribution in [-0.2, 0) is 4.79 Å². The molecule has 1 heterocycles. The summed E-state index contributed by atoms with van der Waals surface area (Å²) < 4.78 is 0. The number of benzene rings is 1. The third-order valence-electron chi connectivity index (χ3n) is 4.18. The van der Waals surface area contributed by atoms with Gasteiger partial charge in [-0.3, -0.25) is 9.59 Å². The van der Waals surface area contributed by atoms with Crippen molar-refractivity contribution >= 4 is 23.4 Å². The number of amides is 2. The topological polar surface area (TPSA) is 49.4 Å². The number of piperidine rings is 1. The maximum Gasteiger partial charge on any atom is 0.255 e. The zero-order valence-corrected chi connectivity index (χ0v) is 12.6. The highest BCUT2D eigenvalue weighted by molar-refractivity contribution is 6.33. The molecule has 2 aliphatic rings. The van der Waals surface area contributed by atoms with Crippen molar-refractivity contribution in [2.75, 3.05) is 13.1 Å². The first-order chi connectivity index (χ1) is 10.1. The lowest BCUT2D eigenvalue weighted by molar-refractivity contribution is -0.123. The Kier molecular flexibility index (Phi) is 4.15. The lowest BCUT2D eigenvalue weighted by Crippen LogP contribution is -2.47. The Morgan fingerprint density at radius 3 is 2.38 bits per heavy atom. The van der Waals surface area contributed by atoms with E-state index in [9.17, 15) is 9.59 Å². The highest BCUT2D eigenvalue weighted by Gasteiger charge is 2.32. The first kappa shape index (κ1) is 14.4. The number of carbonyl (C=O) groups is 2. The van der Waals surface area contributed by atoms with Gasteiger partial charge in [0.2, 0.25) is 5.91 Å². The number of likely N-dealkylation sites (tertiary alicyclic amines) is 1. The summed E-state index contributed by atoms with van der Waals surface area (Å²) in [4.78, 5) is 26.0. The molecule has 112 valence electrons. The van der Waals surface area contributed by atoms with Crippen LogP contribution in [0.3, 0.4) is 0 Å². The fourth-order valence-electron chi connectivity index (χ4n) is 2.70. The van der Waals surface area contributed by atoms with Gasteiger partial charge in [-0.15, -0.1) is 0 Å². The average Bonchev–Trinajstić information content (AvgIpc) is 3.32. The molecule has 0 unspecified atom stereocenters. The van der Waals surface area contributed by atoms with Crippen LogP contribution >= 0.6 is 11.6 Å². The van der Waals surface area contributed by atoms with E-state index < -0.39 is 0 Å². The van der Waals surface area contributed by atoms with Gasteiger partial charge in [0.1, 0.15) is 0 Å². The quantitative estimate of drug-likeness (QED) is 0.932. The second kappa shape index (κ2) is 6.06. The highest BCUT2D eigenvalue weighted by Crippen LogP contribution is 2.29. The summed E-state index contributed by atoms with van der Waals surface area (Å²) in [5, 5.41) is 3.58. The molecular formula is C16H19ClN2O2. The van der Waals surface area contributed by atoms with Crippen LogP contribution < -0.4 is 5.32 Å². The lowest BCUT2D eigenvalue weighted by atomic mass is 10.0. The van der Waals surface area contributed by atoms with Gasteiger partial charge >= 0.3 is 0 Å². The molecule has 21 heavy (non-hydrogen) atoms. The van der Waals surface area contributed by atoms with Crippen LogP contribution in [0.5, 0.6) is 0 Å². The summed E-state index contributed by atoms with van der Waals surface area (Å²) in [6, 6.07) is 7.33. The van der Waals surface area contributed by atoms with Gasteiger partial charge < -0.3 is 10.2 Å². The summed E-state index contributed by atoms with van der Waals surface area (Å²) in [7, 11) is 0. The van der Waals surface area contributed by atoms with Crippen molar-refractivity contribution in [3.63, 3.8) is 0 Å². The first-order valence-corrected chi connectivity index (χ1v) is 7.87. The lowest BCUT2D eigenvalue weighted by Gasteiger charge is -2.32. The van der Waals surface area contributed by atoms with E-state index in [0.29, 0.717) is 23.7 Å². The summed E-state index contributed by atoms with van der Waals surface area (Å²) >= 11 is 6.07. The Hall–Kier alpha value is -1.55. The van der Waals surface area contributed by atoms with E-state index in [4.69, 9.17) is 11.6 Å². The molecule has 1 N–H and O–H groups in total. The second-order valence-electron chi connectivity index (χ2n) is 5.83. The zero-order chi connectivity index (χ0) is 14.8. The van der Waals surface area contributed by atoms with E-state index in [2.05, 4.69) is 5.32 Å². The Morgan fingerprint density at radius 2 is 1.76 bits per heavy atom. The van der Waals surface area contributed by atoms with E-state index in [1.807, 2.05) is 17.0 Å². The predicted molar refractivity (Wildman–Crippen MR) is 81.2 cm³/mol. The fraction of sp³-hybridized carbons (Fsp3) is 0.500. The summed E-state index contributed by atoms with van der Waals surface area (Å²) in [6.45, 7) is 1.33. The molecule has 0 aromatic heterocycles. The molecule has 0 atom stereocenters. The maximum absolute atomic E-state index is 12.4. The van der Waals surface area contributed by atoms with Gasteiger partial charge in [0.05, 0.1) is 10.6 Å². The van der Waals surface area contributed by atoms with Crippen molar-refractivity contribution in [2.24, 2.45) is 5.92 Å². The Morgan fingerprint density at radius 1 is 1.10 bits per heavy atom. The van der Waals surface area contributed by atoms with Gasteiger partial charge in [-0.2, -0.15) is 0 Å². The van der Waals surface area contributed by atoms with Crippen LogP contribution in [0, 0.1) is 5.92 Å². The van der Waals surface area contributed by atoms with Crippen molar-refractivity contribution in [2.45, 2.75) is 31.7 Å².